The SMILES string of the molecule is COc1ccc(NC(=O)NCCOc2c(C)cc(C)cc2C)cc1Cl. The number of ether oxygens (including phenoxy) is 2. The highest BCUT2D eigenvalue weighted by atomic mass is 35.5. The minimum Gasteiger partial charge on any atom is -0.495 e. The van der Waals surface area contributed by atoms with Gasteiger partial charge < -0.3 is 20.1 Å². The number of nitrogens with one attached hydrogen (secondary N) is 2. The van der Waals surface area contributed by atoms with Crippen LogP contribution in [-0.4, -0.2) is 26.3 Å². The van der Waals surface area contributed by atoms with Crippen LogP contribution in [0.15, 0.2) is 30.3 Å². The number of aryl methyl sites for hydroxylation is 3. The van der Waals surface area contributed by atoms with Crippen LogP contribution in [0.1, 0.15) is 16.7 Å². The van der Waals surface area contributed by atoms with E-state index in [1.165, 1.54) is 5.56 Å². The van der Waals surface area contributed by atoms with E-state index in [1.54, 1.807) is 25.3 Å². The van der Waals surface area contributed by atoms with Crippen LogP contribution in [0.4, 0.5) is 10.5 Å². The molecule has 0 atom stereocenters. The van der Waals surface area contributed by atoms with Gasteiger partial charge in [0.15, 0.2) is 0 Å². The number of benzene rings is 2. The smallest absolute Gasteiger partial charge is 0.319 e. The summed E-state index contributed by atoms with van der Waals surface area (Å²) in [6, 6.07) is 8.90. The number of anilines is 1. The molecule has 2 N–H and O–H groups in total. The van der Waals surface area contributed by atoms with E-state index in [4.69, 9.17) is 21.1 Å². The third-order valence-corrected chi connectivity index (χ3v) is 3.94. The highest BCUT2D eigenvalue weighted by Gasteiger charge is 2.07. The number of halogens is 1. The van der Waals surface area contributed by atoms with E-state index in [0.29, 0.717) is 29.6 Å². The maximum atomic E-state index is 11.9. The lowest BCUT2D eigenvalue weighted by Crippen LogP contribution is -2.32. The topological polar surface area (TPSA) is 59.6 Å². The van der Waals surface area contributed by atoms with Crippen molar-refractivity contribution in [2.24, 2.45) is 0 Å². The predicted molar refractivity (Wildman–Crippen MR) is 101 cm³/mol. The highest BCUT2D eigenvalue weighted by molar-refractivity contribution is 6.32. The van der Waals surface area contributed by atoms with Crippen molar-refractivity contribution in [1.29, 1.82) is 0 Å². The Bertz CT molecular complexity index is 739. The first-order valence-corrected chi connectivity index (χ1v) is 8.37. The third kappa shape index (κ3) is 5.29. The van der Waals surface area contributed by atoms with Crippen LogP contribution in [-0.2, 0) is 0 Å². The van der Waals surface area contributed by atoms with E-state index in [9.17, 15) is 4.79 Å². The van der Waals surface area contributed by atoms with Crippen molar-refractivity contribution in [2.75, 3.05) is 25.6 Å². The maximum absolute atomic E-state index is 11.9. The summed E-state index contributed by atoms with van der Waals surface area (Å²) in [6.07, 6.45) is 0. The zero-order chi connectivity index (χ0) is 18.4. The molecule has 0 fully saturated rings. The third-order valence-electron chi connectivity index (χ3n) is 3.65. The summed E-state index contributed by atoms with van der Waals surface area (Å²) in [5.41, 5.74) is 3.98. The Balaban J connectivity index is 1.80. The van der Waals surface area contributed by atoms with Crippen molar-refractivity contribution in [3.63, 3.8) is 0 Å². The van der Waals surface area contributed by atoms with Gasteiger partial charge in [-0.2, -0.15) is 0 Å². The molecule has 0 bridgehead atoms. The second kappa shape index (κ2) is 8.62. The van der Waals surface area contributed by atoms with Gasteiger partial charge in [0, 0.05) is 5.69 Å². The predicted octanol–water partition coefficient (Wildman–Crippen LogP) is 4.47. The highest BCUT2D eigenvalue weighted by Crippen LogP contribution is 2.27. The minimum absolute atomic E-state index is 0.317. The first kappa shape index (κ1) is 18.9. The Morgan fingerprint density at radius 1 is 1.12 bits per heavy atom. The molecule has 0 unspecified atom stereocenters. The molecule has 0 saturated carbocycles. The van der Waals surface area contributed by atoms with Crippen LogP contribution >= 0.6 is 11.6 Å². The molecule has 25 heavy (non-hydrogen) atoms. The molecule has 0 aliphatic heterocycles. The van der Waals surface area contributed by atoms with E-state index in [0.717, 1.165) is 16.9 Å². The van der Waals surface area contributed by atoms with E-state index < -0.39 is 0 Å². The quantitative estimate of drug-likeness (QED) is 0.745. The van der Waals surface area contributed by atoms with Crippen molar-refractivity contribution >= 4 is 23.3 Å². The summed E-state index contributed by atoms with van der Waals surface area (Å²) in [7, 11) is 1.54. The van der Waals surface area contributed by atoms with Gasteiger partial charge in [-0.25, -0.2) is 4.79 Å². The van der Waals surface area contributed by atoms with Crippen LogP contribution in [0.5, 0.6) is 11.5 Å². The van der Waals surface area contributed by atoms with Crippen LogP contribution < -0.4 is 20.1 Å². The Hall–Kier alpha value is -2.40. The Labute approximate surface area is 153 Å². The van der Waals surface area contributed by atoms with Gasteiger partial charge in [0.05, 0.1) is 18.7 Å². The lowest BCUT2D eigenvalue weighted by molar-refractivity contribution is 0.247. The first-order chi connectivity index (χ1) is 11.9. The second-order valence-corrected chi connectivity index (χ2v) is 6.21. The van der Waals surface area contributed by atoms with Crippen LogP contribution in [0.25, 0.3) is 0 Å². The van der Waals surface area contributed by atoms with Gasteiger partial charge in [0.2, 0.25) is 0 Å². The molecule has 2 rings (SSSR count). The number of urea groups is 1. The lowest BCUT2D eigenvalue weighted by Gasteiger charge is -2.14. The standard InChI is InChI=1S/C19H23ClN2O3/c1-12-9-13(2)18(14(3)10-12)25-8-7-21-19(23)22-15-5-6-17(24-4)16(20)11-15/h5-6,9-11H,7-8H2,1-4H3,(H2,21,22,23). The Morgan fingerprint density at radius 2 is 1.80 bits per heavy atom. The van der Waals surface area contributed by atoms with Crippen molar-refractivity contribution < 1.29 is 14.3 Å². The van der Waals surface area contributed by atoms with Gasteiger partial charge in [0.25, 0.3) is 0 Å². The molecular formula is C19H23ClN2O3. The van der Waals surface area contributed by atoms with Gasteiger partial charge in [-0.15, -0.1) is 0 Å². The monoisotopic (exact) mass is 362 g/mol. The number of carbonyl (C=O) groups excluding carboxylic acids is 1. The molecule has 2 aromatic carbocycles. The van der Waals surface area contributed by atoms with Crippen molar-refractivity contribution in [3.8, 4) is 11.5 Å². The fraction of sp³-hybridized carbons (Fsp3) is 0.316. The minimum atomic E-state index is -0.317. The zero-order valence-corrected chi connectivity index (χ0v) is 15.7. The number of hydrogen-bond acceptors (Lipinski definition) is 3. The molecule has 6 heteroatoms. The fourth-order valence-electron chi connectivity index (χ4n) is 2.63. The van der Waals surface area contributed by atoms with Gasteiger partial charge in [-0.1, -0.05) is 29.3 Å². The van der Waals surface area contributed by atoms with Crippen molar-refractivity contribution in [2.45, 2.75) is 20.8 Å². The molecule has 134 valence electrons. The molecule has 0 saturated heterocycles. The molecule has 0 aromatic heterocycles. The number of hydrogen-bond donors (Lipinski definition) is 2. The van der Waals surface area contributed by atoms with Gasteiger partial charge in [0.1, 0.15) is 18.1 Å². The number of amides is 2. The largest absolute Gasteiger partial charge is 0.495 e. The average Bonchev–Trinajstić information content (AvgIpc) is 2.53. The molecule has 0 aliphatic carbocycles. The summed E-state index contributed by atoms with van der Waals surface area (Å²) < 4.78 is 10.9. The van der Waals surface area contributed by atoms with Crippen LogP contribution in [0.3, 0.4) is 0 Å². The van der Waals surface area contributed by atoms with E-state index in [2.05, 4.69) is 29.7 Å². The van der Waals surface area contributed by atoms with Gasteiger partial charge in [-0.05, 0) is 50.1 Å². The molecule has 0 aliphatic rings. The molecule has 0 heterocycles. The Morgan fingerprint density at radius 3 is 2.40 bits per heavy atom. The summed E-state index contributed by atoms with van der Waals surface area (Å²) >= 11 is 6.03. The lowest BCUT2D eigenvalue weighted by atomic mass is 10.1. The average molecular weight is 363 g/mol. The number of methoxy groups -OCH3 is 1. The zero-order valence-electron chi connectivity index (χ0n) is 14.9. The molecule has 5 nitrogen and oxygen atoms in total. The van der Waals surface area contributed by atoms with Gasteiger partial charge in [-0.3, -0.25) is 0 Å². The fourth-order valence-corrected chi connectivity index (χ4v) is 2.89. The Kier molecular flexibility index (Phi) is 6.53. The van der Waals surface area contributed by atoms with Crippen molar-refractivity contribution in [3.05, 3.63) is 52.0 Å². The van der Waals surface area contributed by atoms with E-state index in [1.807, 2.05) is 13.8 Å². The van der Waals surface area contributed by atoms with E-state index >= 15 is 0 Å². The summed E-state index contributed by atoms with van der Waals surface area (Å²) in [6.45, 7) is 6.87. The number of carbonyl (C=O) groups is 1. The molecule has 2 aromatic rings. The maximum Gasteiger partial charge on any atom is 0.319 e. The van der Waals surface area contributed by atoms with Crippen LogP contribution in [0, 0.1) is 20.8 Å². The molecule has 0 spiro atoms. The molecule has 0 radical (unpaired) electrons. The molecule has 2 amide bonds. The van der Waals surface area contributed by atoms with Gasteiger partial charge >= 0.3 is 6.03 Å². The van der Waals surface area contributed by atoms with Crippen molar-refractivity contribution in [1.82, 2.24) is 5.32 Å². The molecular weight excluding hydrogens is 340 g/mol. The second-order valence-electron chi connectivity index (χ2n) is 5.81. The summed E-state index contributed by atoms with van der Waals surface area (Å²) in [4.78, 5) is 11.9. The first-order valence-electron chi connectivity index (χ1n) is 7.99. The van der Waals surface area contributed by atoms with Crippen LogP contribution in [0.2, 0.25) is 5.02 Å². The summed E-state index contributed by atoms with van der Waals surface area (Å²) in [5.74, 6) is 1.43. The van der Waals surface area contributed by atoms with E-state index in [-0.39, 0.29) is 6.03 Å². The normalized spacial score (nSPS) is 10.3. The number of rotatable bonds is 6. The summed E-state index contributed by atoms with van der Waals surface area (Å²) in [5, 5.41) is 5.91.